The van der Waals surface area contributed by atoms with Gasteiger partial charge in [0.2, 0.25) is 0 Å². The minimum absolute atomic E-state index is 1.05. The molecule has 0 saturated carbocycles. The van der Waals surface area contributed by atoms with E-state index in [4.69, 9.17) is 0 Å². The van der Waals surface area contributed by atoms with Crippen LogP contribution in [-0.2, 0) is 13.0 Å². The van der Waals surface area contributed by atoms with E-state index in [9.17, 15) is 0 Å². The van der Waals surface area contributed by atoms with Crippen molar-refractivity contribution >= 4 is 0 Å². The van der Waals surface area contributed by atoms with Gasteiger partial charge in [0.05, 0.1) is 0 Å². The third-order valence-electron chi connectivity index (χ3n) is 3.90. The Kier molecular flexibility index (Phi) is 5.83. The summed E-state index contributed by atoms with van der Waals surface area (Å²) >= 11 is 0. The summed E-state index contributed by atoms with van der Waals surface area (Å²) in [6.45, 7) is 7.00. The van der Waals surface area contributed by atoms with Crippen LogP contribution in [0.15, 0.2) is 24.3 Å². The predicted octanol–water partition coefficient (Wildman–Crippen LogP) is 1.59. The van der Waals surface area contributed by atoms with Crippen molar-refractivity contribution < 1.29 is 0 Å². The van der Waals surface area contributed by atoms with Gasteiger partial charge in [-0.3, -0.25) is 4.90 Å². The second-order valence-corrected chi connectivity index (χ2v) is 5.60. The smallest absolute Gasteiger partial charge is 0.0234 e. The van der Waals surface area contributed by atoms with Crippen LogP contribution in [0.2, 0.25) is 0 Å². The summed E-state index contributed by atoms with van der Waals surface area (Å²) in [6.07, 6.45) is 2.40. The van der Waals surface area contributed by atoms with Crippen molar-refractivity contribution in [3.05, 3.63) is 35.4 Å². The second kappa shape index (κ2) is 7.63. The lowest BCUT2D eigenvalue weighted by atomic mass is 10.1. The topological polar surface area (TPSA) is 18.5 Å². The molecule has 0 bridgehead atoms. The lowest BCUT2D eigenvalue weighted by molar-refractivity contribution is 0.269. The van der Waals surface area contributed by atoms with Crippen molar-refractivity contribution in [3.8, 4) is 0 Å². The molecule has 1 heterocycles. The van der Waals surface area contributed by atoms with Crippen LogP contribution in [-0.4, -0.2) is 56.6 Å². The molecule has 1 saturated heterocycles. The van der Waals surface area contributed by atoms with E-state index in [0.29, 0.717) is 0 Å². The van der Waals surface area contributed by atoms with E-state index < -0.39 is 0 Å². The van der Waals surface area contributed by atoms with Gasteiger partial charge in [0.15, 0.2) is 0 Å². The number of nitrogens with one attached hydrogen (secondary N) is 1. The van der Waals surface area contributed by atoms with E-state index >= 15 is 0 Å². The molecule has 0 radical (unpaired) electrons. The van der Waals surface area contributed by atoms with Gasteiger partial charge in [0.25, 0.3) is 0 Å². The van der Waals surface area contributed by atoms with E-state index in [-0.39, 0.29) is 0 Å². The van der Waals surface area contributed by atoms with E-state index in [1.54, 1.807) is 0 Å². The quantitative estimate of drug-likeness (QED) is 0.868. The SMILES string of the molecule is CNCCc1ccc(CN2CCCN(C)CC2)cc1. The van der Waals surface area contributed by atoms with Crippen LogP contribution in [0.25, 0.3) is 0 Å². The van der Waals surface area contributed by atoms with Crippen molar-refractivity contribution in [2.75, 3.05) is 46.8 Å². The first-order chi connectivity index (χ1) is 9.28. The van der Waals surface area contributed by atoms with Crippen LogP contribution in [0.1, 0.15) is 17.5 Å². The van der Waals surface area contributed by atoms with Crippen molar-refractivity contribution in [3.63, 3.8) is 0 Å². The summed E-state index contributed by atoms with van der Waals surface area (Å²) in [4.78, 5) is 5.01. The van der Waals surface area contributed by atoms with Gasteiger partial charge >= 0.3 is 0 Å². The average molecular weight is 261 g/mol. The van der Waals surface area contributed by atoms with Gasteiger partial charge in [-0.15, -0.1) is 0 Å². The minimum atomic E-state index is 1.05. The molecule has 1 fully saturated rings. The zero-order valence-electron chi connectivity index (χ0n) is 12.4. The molecule has 3 nitrogen and oxygen atoms in total. The third-order valence-corrected chi connectivity index (χ3v) is 3.90. The van der Waals surface area contributed by atoms with Crippen LogP contribution in [0.4, 0.5) is 0 Å². The second-order valence-electron chi connectivity index (χ2n) is 5.60. The molecule has 1 N–H and O–H groups in total. The Morgan fingerprint density at radius 2 is 1.74 bits per heavy atom. The molecule has 106 valence electrons. The minimum Gasteiger partial charge on any atom is -0.319 e. The standard InChI is InChI=1S/C16H27N3/c1-17-9-8-15-4-6-16(7-5-15)14-19-11-3-10-18(2)12-13-19/h4-7,17H,3,8-14H2,1-2H3. The fourth-order valence-electron chi connectivity index (χ4n) is 2.60. The molecule has 0 atom stereocenters. The highest BCUT2D eigenvalue weighted by molar-refractivity contribution is 5.22. The summed E-state index contributed by atoms with van der Waals surface area (Å²) in [7, 11) is 4.23. The van der Waals surface area contributed by atoms with Gasteiger partial charge < -0.3 is 10.2 Å². The highest BCUT2D eigenvalue weighted by Crippen LogP contribution is 2.10. The number of hydrogen-bond donors (Lipinski definition) is 1. The first-order valence-electron chi connectivity index (χ1n) is 7.41. The predicted molar refractivity (Wildman–Crippen MR) is 81.5 cm³/mol. The van der Waals surface area contributed by atoms with E-state index in [1.165, 1.54) is 43.7 Å². The van der Waals surface area contributed by atoms with Crippen LogP contribution < -0.4 is 5.32 Å². The fraction of sp³-hybridized carbons (Fsp3) is 0.625. The Hall–Kier alpha value is -0.900. The maximum absolute atomic E-state index is 3.19. The van der Waals surface area contributed by atoms with E-state index in [2.05, 4.69) is 46.4 Å². The monoisotopic (exact) mass is 261 g/mol. The lowest BCUT2D eigenvalue weighted by Crippen LogP contribution is -2.28. The van der Waals surface area contributed by atoms with Crippen LogP contribution in [0, 0.1) is 0 Å². The van der Waals surface area contributed by atoms with E-state index in [0.717, 1.165) is 19.5 Å². The van der Waals surface area contributed by atoms with Gasteiger partial charge in [0, 0.05) is 19.6 Å². The normalized spacial score (nSPS) is 18.4. The summed E-state index contributed by atoms with van der Waals surface area (Å²) in [5, 5.41) is 3.19. The molecule has 0 aromatic heterocycles. The maximum Gasteiger partial charge on any atom is 0.0234 e. The molecular weight excluding hydrogens is 234 g/mol. The molecule has 2 rings (SSSR count). The Balaban J connectivity index is 1.84. The highest BCUT2D eigenvalue weighted by atomic mass is 15.2. The van der Waals surface area contributed by atoms with Gasteiger partial charge in [-0.1, -0.05) is 24.3 Å². The molecular formula is C16H27N3. The average Bonchev–Trinajstić information content (AvgIpc) is 2.63. The number of rotatable bonds is 5. The van der Waals surface area contributed by atoms with Gasteiger partial charge in [-0.25, -0.2) is 0 Å². The van der Waals surface area contributed by atoms with Crippen LogP contribution in [0.3, 0.4) is 0 Å². The highest BCUT2D eigenvalue weighted by Gasteiger charge is 2.11. The molecule has 1 aliphatic heterocycles. The first-order valence-corrected chi connectivity index (χ1v) is 7.41. The van der Waals surface area contributed by atoms with Crippen molar-refractivity contribution in [2.24, 2.45) is 0 Å². The Bertz CT molecular complexity index is 361. The Morgan fingerprint density at radius 3 is 2.47 bits per heavy atom. The number of likely N-dealkylation sites (N-methyl/N-ethyl adjacent to an activating group) is 2. The summed E-state index contributed by atoms with van der Waals surface area (Å²) in [5.74, 6) is 0. The van der Waals surface area contributed by atoms with Crippen LogP contribution in [0.5, 0.6) is 0 Å². The van der Waals surface area contributed by atoms with Crippen LogP contribution >= 0.6 is 0 Å². The third kappa shape index (κ3) is 4.94. The van der Waals surface area contributed by atoms with E-state index in [1.807, 2.05) is 7.05 Å². The summed E-state index contributed by atoms with van der Waals surface area (Å²) in [6, 6.07) is 9.13. The van der Waals surface area contributed by atoms with Crippen molar-refractivity contribution in [2.45, 2.75) is 19.4 Å². The van der Waals surface area contributed by atoms with Crippen molar-refractivity contribution in [1.29, 1.82) is 0 Å². The van der Waals surface area contributed by atoms with Crippen molar-refractivity contribution in [1.82, 2.24) is 15.1 Å². The molecule has 1 aliphatic rings. The summed E-state index contributed by atoms with van der Waals surface area (Å²) < 4.78 is 0. The maximum atomic E-state index is 3.19. The van der Waals surface area contributed by atoms with Gasteiger partial charge in [-0.05, 0) is 57.7 Å². The number of hydrogen-bond acceptors (Lipinski definition) is 3. The fourth-order valence-corrected chi connectivity index (χ4v) is 2.60. The molecule has 3 heteroatoms. The molecule has 0 amide bonds. The lowest BCUT2D eigenvalue weighted by Gasteiger charge is -2.20. The zero-order valence-corrected chi connectivity index (χ0v) is 12.4. The molecule has 0 unspecified atom stereocenters. The number of nitrogens with zero attached hydrogens (tertiary/aromatic N) is 2. The summed E-state index contributed by atoms with van der Waals surface area (Å²) in [5.41, 5.74) is 2.87. The first kappa shape index (κ1) is 14.5. The molecule has 0 aliphatic carbocycles. The number of benzene rings is 1. The Morgan fingerprint density at radius 1 is 1.00 bits per heavy atom. The van der Waals surface area contributed by atoms with Gasteiger partial charge in [0.1, 0.15) is 0 Å². The Labute approximate surface area is 117 Å². The molecule has 1 aromatic carbocycles. The van der Waals surface area contributed by atoms with Gasteiger partial charge in [-0.2, -0.15) is 0 Å². The zero-order chi connectivity index (χ0) is 13.5. The largest absolute Gasteiger partial charge is 0.319 e. The molecule has 19 heavy (non-hydrogen) atoms. The molecule has 1 aromatic rings. The molecule has 0 spiro atoms.